The number of carbonyl (C=O) groups excluding carboxylic acids is 2. The van der Waals surface area contributed by atoms with Gasteiger partial charge in [-0.05, 0) is 47.3 Å². The molecule has 4 nitrogen and oxygen atoms in total. The van der Waals surface area contributed by atoms with Crippen LogP contribution in [0, 0.1) is 0 Å². The Labute approximate surface area is 158 Å². The van der Waals surface area contributed by atoms with Gasteiger partial charge in [-0.15, -0.1) is 11.3 Å². The van der Waals surface area contributed by atoms with Crippen molar-refractivity contribution in [2.45, 2.75) is 57.5 Å². The smallest absolute Gasteiger partial charge is 0.319 e. The molecule has 26 heavy (non-hydrogen) atoms. The second-order valence-electron chi connectivity index (χ2n) is 8.28. The van der Waals surface area contributed by atoms with Crippen molar-refractivity contribution in [3.63, 3.8) is 0 Å². The molecule has 2 aromatic rings. The number of thiophene rings is 1. The Morgan fingerprint density at radius 1 is 1.15 bits per heavy atom. The Balaban J connectivity index is 1.60. The summed E-state index contributed by atoms with van der Waals surface area (Å²) in [5, 5.41) is 5.03. The molecule has 1 aliphatic heterocycles. The van der Waals surface area contributed by atoms with Crippen molar-refractivity contribution in [3.05, 3.63) is 57.3 Å². The summed E-state index contributed by atoms with van der Waals surface area (Å²) in [4.78, 5) is 28.4. The molecule has 2 aliphatic rings. The van der Waals surface area contributed by atoms with Gasteiger partial charge in [-0.3, -0.25) is 9.69 Å². The molecule has 1 aliphatic carbocycles. The molecule has 0 radical (unpaired) electrons. The van der Waals surface area contributed by atoms with Crippen molar-refractivity contribution in [2.24, 2.45) is 0 Å². The average molecular weight is 369 g/mol. The molecular weight excluding hydrogens is 344 g/mol. The molecule has 5 heteroatoms. The van der Waals surface area contributed by atoms with Crippen LogP contribution in [0.3, 0.4) is 0 Å². The fourth-order valence-corrected chi connectivity index (χ4v) is 4.98. The van der Waals surface area contributed by atoms with Crippen molar-refractivity contribution in [1.29, 1.82) is 0 Å². The Morgan fingerprint density at radius 2 is 1.88 bits per heavy atom. The third-order valence-electron chi connectivity index (χ3n) is 5.50. The van der Waals surface area contributed by atoms with E-state index < -0.39 is 5.54 Å². The topological polar surface area (TPSA) is 49.4 Å². The van der Waals surface area contributed by atoms with E-state index in [0.29, 0.717) is 13.0 Å². The van der Waals surface area contributed by atoms with E-state index in [2.05, 4.69) is 38.2 Å². The molecular formula is C21H24N2O2S. The molecule has 1 N–H and O–H groups in total. The summed E-state index contributed by atoms with van der Waals surface area (Å²) in [7, 11) is 0. The average Bonchev–Trinajstić information content (AvgIpc) is 3.16. The third kappa shape index (κ3) is 2.65. The van der Waals surface area contributed by atoms with Crippen molar-refractivity contribution in [1.82, 2.24) is 10.2 Å². The highest BCUT2D eigenvalue weighted by Crippen LogP contribution is 2.42. The fraction of sp³-hybridized carbons (Fsp3) is 0.429. The van der Waals surface area contributed by atoms with E-state index in [4.69, 9.17) is 0 Å². The van der Waals surface area contributed by atoms with Gasteiger partial charge >= 0.3 is 6.03 Å². The van der Waals surface area contributed by atoms with Gasteiger partial charge in [-0.25, -0.2) is 4.79 Å². The first-order chi connectivity index (χ1) is 12.3. The normalized spacial score (nSPS) is 22.7. The van der Waals surface area contributed by atoms with Gasteiger partial charge in [-0.1, -0.05) is 45.0 Å². The largest absolute Gasteiger partial charge is 0.325 e. The molecule has 2 heterocycles. The maximum atomic E-state index is 13.2. The van der Waals surface area contributed by atoms with E-state index >= 15 is 0 Å². The number of hydrogen-bond acceptors (Lipinski definition) is 3. The van der Waals surface area contributed by atoms with Crippen LogP contribution in [-0.4, -0.2) is 16.8 Å². The summed E-state index contributed by atoms with van der Waals surface area (Å²) in [5.41, 5.74) is 2.44. The minimum atomic E-state index is -0.851. The third-order valence-corrected chi connectivity index (χ3v) is 6.48. The second-order valence-corrected chi connectivity index (χ2v) is 9.29. The molecule has 4 rings (SSSR count). The first-order valence-corrected chi connectivity index (χ1v) is 10.00. The maximum Gasteiger partial charge on any atom is 0.325 e. The number of hydrogen-bond donors (Lipinski definition) is 1. The zero-order chi connectivity index (χ0) is 18.5. The summed E-state index contributed by atoms with van der Waals surface area (Å²) in [5.74, 6) is -0.109. The number of benzene rings is 1. The molecule has 1 aromatic carbocycles. The van der Waals surface area contributed by atoms with Gasteiger partial charge in [0.05, 0.1) is 6.54 Å². The molecule has 1 saturated heterocycles. The van der Waals surface area contributed by atoms with Crippen molar-refractivity contribution >= 4 is 23.3 Å². The van der Waals surface area contributed by atoms with Crippen LogP contribution >= 0.6 is 11.3 Å². The number of carbonyl (C=O) groups is 2. The predicted molar refractivity (Wildman–Crippen MR) is 103 cm³/mol. The standard InChI is InChI=1S/C21H24N2O2S/c1-20(2,3)15-8-6-14(7-9-15)13-23-18(24)21(22-19(23)25)11-4-5-17-16(21)10-12-26-17/h6-10,12H,4-5,11,13H2,1-3H3,(H,22,25). The van der Waals surface area contributed by atoms with Crippen LogP contribution in [0.5, 0.6) is 0 Å². The molecule has 1 atom stereocenters. The Hall–Kier alpha value is -2.14. The van der Waals surface area contributed by atoms with Gasteiger partial charge in [0.2, 0.25) is 0 Å². The van der Waals surface area contributed by atoms with E-state index in [9.17, 15) is 9.59 Å². The first-order valence-electron chi connectivity index (χ1n) is 9.12. The van der Waals surface area contributed by atoms with Gasteiger partial charge in [0.25, 0.3) is 5.91 Å². The number of nitrogens with zero attached hydrogens (tertiary/aromatic N) is 1. The maximum absolute atomic E-state index is 13.2. The Bertz CT molecular complexity index is 863. The van der Waals surface area contributed by atoms with E-state index in [1.165, 1.54) is 15.3 Å². The molecule has 0 bridgehead atoms. The highest BCUT2D eigenvalue weighted by molar-refractivity contribution is 7.10. The highest BCUT2D eigenvalue weighted by atomic mass is 32.1. The second kappa shape index (κ2) is 5.95. The summed E-state index contributed by atoms with van der Waals surface area (Å²) in [6, 6.07) is 9.92. The van der Waals surface area contributed by atoms with Gasteiger partial charge in [0, 0.05) is 10.4 Å². The van der Waals surface area contributed by atoms with Gasteiger partial charge in [-0.2, -0.15) is 0 Å². The van der Waals surface area contributed by atoms with Crippen LogP contribution in [0.2, 0.25) is 0 Å². The molecule has 3 amide bonds. The lowest BCUT2D eigenvalue weighted by molar-refractivity contribution is -0.132. The lowest BCUT2D eigenvalue weighted by atomic mass is 9.80. The number of aryl methyl sites for hydroxylation is 1. The predicted octanol–water partition coefficient (Wildman–Crippen LogP) is 4.33. The number of nitrogens with one attached hydrogen (secondary N) is 1. The van der Waals surface area contributed by atoms with Crippen LogP contribution in [0.4, 0.5) is 4.79 Å². The lowest BCUT2D eigenvalue weighted by Crippen LogP contribution is -2.46. The Morgan fingerprint density at radius 3 is 2.58 bits per heavy atom. The van der Waals surface area contributed by atoms with E-state index in [0.717, 1.165) is 24.0 Å². The van der Waals surface area contributed by atoms with E-state index in [1.54, 1.807) is 11.3 Å². The molecule has 1 unspecified atom stereocenters. The highest BCUT2D eigenvalue weighted by Gasteiger charge is 2.54. The van der Waals surface area contributed by atoms with Crippen molar-refractivity contribution in [2.75, 3.05) is 0 Å². The quantitative estimate of drug-likeness (QED) is 0.802. The molecule has 1 aromatic heterocycles. The van der Waals surface area contributed by atoms with Crippen molar-refractivity contribution in [3.8, 4) is 0 Å². The number of imide groups is 1. The minimum absolute atomic E-state index is 0.0842. The van der Waals surface area contributed by atoms with E-state index in [1.807, 2.05) is 23.6 Å². The summed E-state index contributed by atoms with van der Waals surface area (Å²) >= 11 is 1.68. The van der Waals surface area contributed by atoms with Crippen LogP contribution in [0.1, 0.15) is 55.2 Å². The first kappa shape index (κ1) is 17.3. The van der Waals surface area contributed by atoms with Crippen LogP contribution in [-0.2, 0) is 28.7 Å². The van der Waals surface area contributed by atoms with Gasteiger partial charge in [0.15, 0.2) is 0 Å². The van der Waals surface area contributed by atoms with Crippen LogP contribution < -0.4 is 5.32 Å². The van der Waals surface area contributed by atoms with Gasteiger partial charge in [0.1, 0.15) is 5.54 Å². The van der Waals surface area contributed by atoms with Crippen LogP contribution in [0.25, 0.3) is 0 Å². The van der Waals surface area contributed by atoms with Gasteiger partial charge < -0.3 is 5.32 Å². The molecule has 0 saturated carbocycles. The number of amides is 3. The molecule has 1 spiro atoms. The fourth-order valence-electron chi connectivity index (χ4n) is 3.98. The number of rotatable bonds is 2. The van der Waals surface area contributed by atoms with Crippen molar-refractivity contribution < 1.29 is 9.59 Å². The monoisotopic (exact) mass is 368 g/mol. The summed E-state index contributed by atoms with van der Waals surface area (Å²) in [6.07, 6.45) is 2.60. The molecule has 136 valence electrons. The lowest BCUT2D eigenvalue weighted by Gasteiger charge is -2.31. The minimum Gasteiger partial charge on any atom is -0.319 e. The number of urea groups is 1. The molecule has 1 fully saturated rings. The SMILES string of the molecule is CC(C)(C)c1ccc(CN2C(=O)NC3(CCCc4sccc43)C2=O)cc1. The zero-order valence-electron chi connectivity index (χ0n) is 15.5. The zero-order valence-corrected chi connectivity index (χ0v) is 16.3. The van der Waals surface area contributed by atoms with Crippen LogP contribution in [0.15, 0.2) is 35.7 Å². The summed E-state index contributed by atoms with van der Waals surface area (Å²) < 4.78 is 0. The number of fused-ring (bicyclic) bond motifs is 2. The summed E-state index contributed by atoms with van der Waals surface area (Å²) in [6.45, 7) is 6.83. The van der Waals surface area contributed by atoms with E-state index in [-0.39, 0.29) is 17.4 Å². The Kier molecular flexibility index (Phi) is 3.95.